The fraction of sp³-hybridized carbons (Fsp3) is 0.471. The fourth-order valence-corrected chi connectivity index (χ4v) is 3.56. The maximum Gasteiger partial charge on any atom is 0.393 e. The predicted molar refractivity (Wildman–Crippen MR) is 97.6 cm³/mol. The van der Waals surface area contributed by atoms with Crippen LogP contribution in [-0.4, -0.2) is 49.5 Å². The molecule has 148 valence electrons. The number of alkyl halides is 3. The van der Waals surface area contributed by atoms with Crippen LogP contribution in [0.15, 0.2) is 30.6 Å². The molecule has 27 heavy (non-hydrogen) atoms. The third kappa shape index (κ3) is 6.24. The predicted octanol–water partition coefficient (Wildman–Crippen LogP) is 2.93. The van der Waals surface area contributed by atoms with Gasteiger partial charge in [0.05, 0.1) is 18.5 Å². The van der Waals surface area contributed by atoms with Crippen molar-refractivity contribution in [3.05, 3.63) is 30.6 Å². The van der Waals surface area contributed by atoms with Crippen LogP contribution in [0.4, 0.5) is 19.0 Å². The fourth-order valence-electron chi connectivity index (χ4n) is 2.50. The molecule has 10 heteroatoms. The molecule has 0 aliphatic heterocycles. The van der Waals surface area contributed by atoms with Gasteiger partial charge in [-0.05, 0) is 19.1 Å². The zero-order valence-electron chi connectivity index (χ0n) is 15.1. The van der Waals surface area contributed by atoms with Crippen molar-refractivity contribution in [2.24, 2.45) is 7.05 Å². The van der Waals surface area contributed by atoms with Gasteiger partial charge in [-0.1, -0.05) is 11.2 Å². The van der Waals surface area contributed by atoms with E-state index in [9.17, 15) is 22.5 Å². The van der Waals surface area contributed by atoms with Gasteiger partial charge in [-0.25, -0.2) is 0 Å². The van der Waals surface area contributed by atoms with Crippen LogP contribution in [-0.2, 0) is 23.0 Å². The number of anilines is 1. The smallest absolute Gasteiger partial charge is 0.393 e. The van der Waals surface area contributed by atoms with Crippen molar-refractivity contribution in [2.75, 3.05) is 23.0 Å². The van der Waals surface area contributed by atoms with E-state index in [4.69, 9.17) is 0 Å². The van der Waals surface area contributed by atoms with Crippen molar-refractivity contribution in [1.29, 1.82) is 0 Å². The first kappa shape index (κ1) is 21.2. The SMILES string of the molecule is CCN(C(=O)CC[S+]([O-])CCC(F)(F)F)c1cc(-c2cccnc2)nn1C. The molecule has 0 saturated carbocycles. The highest BCUT2D eigenvalue weighted by molar-refractivity contribution is 7.91. The number of carbonyl (C=O) groups excluding carboxylic acids is 1. The monoisotopic (exact) mass is 402 g/mol. The normalized spacial score (nSPS) is 12.8. The summed E-state index contributed by atoms with van der Waals surface area (Å²) in [6.07, 6.45) is -2.23. The highest BCUT2D eigenvalue weighted by Gasteiger charge is 2.30. The minimum atomic E-state index is -4.34. The zero-order chi connectivity index (χ0) is 20.0. The minimum absolute atomic E-state index is 0.0916. The zero-order valence-corrected chi connectivity index (χ0v) is 15.9. The molecule has 0 aliphatic rings. The van der Waals surface area contributed by atoms with Gasteiger partial charge < -0.3 is 4.55 Å². The van der Waals surface area contributed by atoms with E-state index in [1.165, 1.54) is 4.90 Å². The van der Waals surface area contributed by atoms with Crippen molar-refractivity contribution in [3.8, 4) is 11.3 Å². The summed E-state index contributed by atoms with van der Waals surface area (Å²) in [7, 11) is 1.70. The van der Waals surface area contributed by atoms with E-state index >= 15 is 0 Å². The quantitative estimate of drug-likeness (QED) is 0.637. The highest BCUT2D eigenvalue weighted by atomic mass is 32.2. The molecule has 1 atom stereocenters. The van der Waals surface area contributed by atoms with Crippen LogP contribution in [0.5, 0.6) is 0 Å². The van der Waals surface area contributed by atoms with Crippen LogP contribution in [0.25, 0.3) is 11.3 Å². The van der Waals surface area contributed by atoms with Gasteiger partial charge in [0.25, 0.3) is 0 Å². The molecular formula is C17H21F3N4O2S. The van der Waals surface area contributed by atoms with Crippen LogP contribution in [0, 0.1) is 0 Å². The molecule has 0 aliphatic carbocycles. The summed E-state index contributed by atoms with van der Waals surface area (Å²) >= 11 is -1.69. The first-order valence-corrected chi connectivity index (χ1v) is 9.86. The summed E-state index contributed by atoms with van der Waals surface area (Å²) in [6, 6.07) is 5.38. The van der Waals surface area contributed by atoms with E-state index in [1.807, 2.05) is 6.07 Å². The van der Waals surface area contributed by atoms with Crippen LogP contribution < -0.4 is 4.90 Å². The number of aromatic nitrogens is 3. The molecule has 1 amide bonds. The molecule has 2 aromatic heterocycles. The molecule has 0 N–H and O–H groups in total. The molecule has 2 rings (SSSR count). The Hall–Kier alpha value is -2.07. The largest absolute Gasteiger partial charge is 0.616 e. The number of pyridine rings is 1. The van der Waals surface area contributed by atoms with Gasteiger partial charge in [-0.15, -0.1) is 0 Å². The van der Waals surface area contributed by atoms with Crippen molar-refractivity contribution in [2.45, 2.75) is 25.9 Å². The summed E-state index contributed by atoms with van der Waals surface area (Å²) in [5.74, 6) is -0.334. The Balaban J connectivity index is 2.02. The lowest BCUT2D eigenvalue weighted by molar-refractivity contribution is -0.129. The second-order valence-electron chi connectivity index (χ2n) is 5.85. The lowest BCUT2D eigenvalue weighted by Gasteiger charge is -2.21. The van der Waals surface area contributed by atoms with Gasteiger partial charge in [-0.2, -0.15) is 18.3 Å². The Kier molecular flexibility index (Phi) is 7.25. The number of halogens is 3. The third-order valence-electron chi connectivity index (χ3n) is 3.86. The number of carbonyl (C=O) groups is 1. The highest BCUT2D eigenvalue weighted by Crippen LogP contribution is 2.24. The third-order valence-corrected chi connectivity index (χ3v) is 5.18. The van der Waals surface area contributed by atoms with Gasteiger partial charge in [0.15, 0.2) is 0 Å². The summed E-state index contributed by atoms with van der Waals surface area (Å²) < 4.78 is 49.8. The van der Waals surface area contributed by atoms with Crippen molar-refractivity contribution >= 4 is 22.9 Å². The second-order valence-corrected chi connectivity index (χ2v) is 7.55. The van der Waals surface area contributed by atoms with E-state index in [0.29, 0.717) is 18.1 Å². The molecule has 0 saturated heterocycles. The van der Waals surface area contributed by atoms with Crippen LogP contribution >= 0.6 is 0 Å². The van der Waals surface area contributed by atoms with E-state index in [-0.39, 0.29) is 18.1 Å². The molecule has 6 nitrogen and oxygen atoms in total. The van der Waals surface area contributed by atoms with Crippen LogP contribution in [0.3, 0.4) is 0 Å². The van der Waals surface area contributed by atoms with E-state index < -0.39 is 29.5 Å². The minimum Gasteiger partial charge on any atom is -0.616 e. The molecule has 0 spiro atoms. The van der Waals surface area contributed by atoms with Crippen LogP contribution in [0.1, 0.15) is 19.8 Å². The Labute approximate surface area is 158 Å². The maximum absolute atomic E-state index is 12.5. The Morgan fingerprint density at radius 1 is 1.37 bits per heavy atom. The Morgan fingerprint density at radius 3 is 2.70 bits per heavy atom. The van der Waals surface area contributed by atoms with E-state index in [0.717, 1.165) is 5.56 Å². The standard InChI is InChI=1S/C17H21F3N4O2S/c1-3-24(16(25)6-9-27(26)10-7-17(18,19)20)15-11-14(22-23(15)2)13-5-4-8-21-12-13/h4-5,8,11-12H,3,6-7,9-10H2,1-2H3. The number of hydrogen-bond donors (Lipinski definition) is 0. The number of hydrogen-bond acceptors (Lipinski definition) is 4. The first-order valence-electron chi connectivity index (χ1n) is 8.37. The number of amides is 1. The molecule has 0 bridgehead atoms. The topological polar surface area (TPSA) is 74.1 Å². The Morgan fingerprint density at radius 2 is 2.11 bits per heavy atom. The second kappa shape index (κ2) is 9.23. The lowest BCUT2D eigenvalue weighted by Crippen LogP contribution is -2.33. The average molecular weight is 402 g/mol. The van der Waals surface area contributed by atoms with E-state index in [1.54, 1.807) is 43.2 Å². The van der Waals surface area contributed by atoms with Crippen molar-refractivity contribution < 1.29 is 22.5 Å². The average Bonchev–Trinajstić information content (AvgIpc) is 3.00. The maximum atomic E-state index is 12.5. The van der Waals surface area contributed by atoms with Crippen LogP contribution in [0.2, 0.25) is 0 Å². The van der Waals surface area contributed by atoms with Gasteiger partial charge in [0.1, 0.15) is 17.3 Å². The lowest BCUT2D eigenvalue weighted by atomic mass is 10.2. The van der Waals surface area contributed by atoms with Crippen molar-refractivity contribution in [1.82, 2.24) is 14.8 Å². The van der Waals surface area contributed by atoms with Gasteiger partial charge in [-0.3, -0.25) is 19.4 Å². The molecule has 1 unspecified atom stereocenters. The summed E-state index contributed by atoms with van der Waals surface area (Å²) in [5.41, 5.74) is 1.46. The first-order chi connectivity index (χ1) is 12.7. The molecule has 2 heterocycles. The molecule has 0 aromatic carbocycles. The number of aryl methyl sites for hydroxylation is 1. The summed E-state index contributed by atoms with van der Waals surface area (Å²) in [6.45, 7) is 2.15. The Bertz CT molecular complexity index is 752. The molecule has 2 aromatic rings. The molecule has 0 radical (unpaired) electrons. The number of nitrogens with zero attached hydrogens (tertiary/aromatic N) is 4. The van der Waals surface area contributed by atoms with Gasteiger partial charge in [0, 0.05) is 37.6 Å². The van der Waals surface area contributed by atoms with Gasteiger partial charge in [0.2, 0.25) is 5.91 Å². The van der Waals surface area contributed by atoms with Gasteiger partial charge >= 0.3 is 6.18 Å². The molecular weight excluding hydrogens is 381 g/mol. The van der Waals surface area contributed by atoms with E-state index in [2.05, 4.69) is 10.1 Å². The molecule has 0 fully saturated rings. The summed E-state index contributed by atoms with van der Waals surface area (Å²) in [5, 5.41) is 4.38. The number of rotatable bonds is 8. The van der Waals surface area contributed by atoms with Crippen molar-refractivity contribution in [3.63, 3.8) is 0 Å². The summed E-state index contributed by atoms with van der Waals surface area (Å²) in [4.78, 5) is 18.0.